The molecule has 2 aromatic rings. The molecule has 1 aliphatic rings. The van der Waals surface area contributed by atoms with E-state index in [4.69, 9.17) is 0 Å². The van der Waals surface area contributed by atoms with Crippen molar-refractivity contribution >= 4 is 16.9 Å². The highest BCUT2D eigenvalue weighted by Crippen LogP contribution is 2.48. The molecule has 0 atom stereocenters. The van der Waals surface area contributed by atoms with Gasteiger partial charge in [0.1, 0.15) is 0 Å². The Bertz CT molecular complexity index is 537. The molecule has 0 aliphatic heterocycles. The van der Waals surface area contributed by atoms with Crippen molar-refractivity contribution in [2.45, 2.75) is 18.3 Å². The van der Waals surface area contributed by atoms with Crippen LogP contribution >= 0.6 is 0 Å². The van der Waals surface area contributed by atoms with Crippen LogP contribution in [0.1, 0.15) is 18.4 Å². The molecule has 0 unspecified atom stereocenters. The molecule has 0 amide bonds. The Morgan fingerprint density at radius 2 is 2.13 bits per heavy atom. The van der Waals surface area contributed by atoms with E-state index in [1.165, 1.54) is 0 Å². The van der Waals surface area contributed by atoms with Gasteiger partial charge in [0.05, 0.1) is 5.41 Å². The molecule has 1 aromatic carbocycles. The zero-order valence-electron chi connectivity index (χ0n) is 8.16. The number of carbonyl (C=O) groups is 1. The van der Waals surface area contributed by atoms with Gasteiger partial charge in [-0.25, -0.2) is 0 Å². The Balaban J connectivity index is 2.15. The van der Waals surface area contributed by atoms with Gasteiger partial charge in [-0.1, -0.05) is 6.07 Å². The number of aromatic amines is 1. The normalized spacial score (nSPS) is 17.9. The highest BCUT2D eigenvalue weighted by Gasteiger charge is 2.51. The van der Waals surface area contributed by atoms with Crippen LogP contribution in [0.15, 0.2) is 30.5 Å². The molecule has 1 aromatic heterocycles. The Morgan fingerprint density at radius 1 is 1.33 bits per heavy atom. The summed E-state index contributed by atoms with van der Waals surface area (Å²) in [5, 5.41) is 10.3. The standard InChI is InChI=1S/C12H11NO2/c14-11(15)12(4-5-12)9-1-2-10-8(7-9)3-6-13-10/h1-3,6-7,13H,4-5H2,(H,14,15). The highest BCUT2D eigenvalue weighted by molar-refractivity contribution is 5.88. The maximum atomic E-state index is 11.2. The van der Waals surface area contributed by atoms with E-state index in [1.54, 1.807) is 0 Å². The van der Waals surface area contributed by atoms with E-state index in [0.717, 1.165) is 29.3 Å². The summed E-state index contributed by atoms with van der Waals surface area (Å²) in [5.41, 5.74) is 1.40. The van der Waals surface area contributed by atoms with Crippen molar-refractivity contribution in [2.24, 2.45) is 0 Å². The minimum Gasteiger partial charge on any atom is -0.481 e. The molecular formula is C12H11NO2. The first-order valence-electron chi connectivity index (χ1n) is 5.03. The number of benzene rings is 1. The average Bonchev–Trinajstić information content (AvgIpc) is 2.91. The van der Waals surface area contributed by atoms with Gasteiger partial charge in [0.15, 0.2) is 0 Å². The summed E-state index contributed by atoms with van der Waals surface area (Å²) in [6.07, 6.45) is 3.39. The minimum atomic E-state index is -0.697. The van der Waals surface area contributed by atoms with Crippen LogP contribution in [-0.2, 0) is 10.2 Å². The zero-order chi connectivity index (χ0) is 10.5. The molecule has 1 fully saturated rings. The number of hydrogen-bond donors (Lipinski definition) is 2. The predicted molar refractivity (Wildman–Crippen MR) is 56.8 cm³/mol. The molecule has 0 radical (unpaired) electrons. The number of carboxylic acids is 1. The molecule has 15 heavy (non-hydrogen) atoms. The SMILES string of the molecule is O=C(O)C1(c2ccc3[nH]ccc3c2)CC1. The third-order valence-electron chi connectivity index (χ3n) is 3.27. The predicted octanol–water partition coefficient (Wildman–Crippen LogP) is 2.28. The Morgan fingerprint density at radius 3 is 2.80 bits per heavy atom. The fraction of sp³-hybridized carbons (Fsp3) is 0.250. The fourth-order valence-electron chi connectivity index (χ4n) is 2.10. The van der Waals surface area contributed by atoms with Crippen LogP contribution in [0.5, 0.6) is 0 Å². The molecule has 2 N–H and O–H groups in total. The van der Waals surface area contributed by atoms with Crippen molar-refractivity contribution in [1.82, 2.24) is 4.98 Å². The average molecular weight is 201 g/mol. The summed E-state index contributed by atoms with van der Waals surface area (Å²) in [5.74, 6) is -0.697. The van der Waals surface area contributed by atoms with Crippen LogP contribution in [0.4, 0.5) is 0 Å². The molecule has 3 heteroatoms. The summed E-state index contributed by atoms with van der Waals surface area (Å²) in [4.78, 5) is 14.3. The first kappa shape index (κ1) is 8.53. The van der Waals surface area contributed by atoms with Gasteiger partial charge in [-0.15, -0.1) is 0 Å². The van der Waals surface area contributed by atoms with E-state index < -0.39 is 11.4 Å². The quantitative estimate of drug-likeness (QED) is 0.783. The first-order chi connectivity index (χ1) is 7.22. The van der Waals surface area contributed by atoms with Gasteiger partial charge in [-0.05, 0) is 42.0 Å². The molecule has 1 saturated carbocycles. The van der Waals surface area contributed by atoms with Crippen LogP contribution < -0.4 is 0 Å². The summed E-state index contributed by atoms with van der Waals surface area (Å²) >= 11 is 0. The van der Waals surface area contributed by atoms with Gasteiger partial charge in [0.25, 0.3) is 0 Å². The first-order valence-corrected chi connectivity index (χ1v) is 5.03. The number of hydrogen-bond acceptors (Lipinski definition) is 1. The van der Waals surface area contributed by atoms with E-state index >= 15 is 0 Å². The number of H-pyrrole nitrogens is 1. The van der Waals surface area contributed by atoms with Gasteiger partial charge in [-0.2, -0.15) is 0 Å². The molecule has 0 saturated heterocycles. The van der Waals surface area contributed by atoms with Crippen LogP contribution in [0, 0.1) is 0 Å². The summed E-state index contributed by atoms with van der Waals surface area (Å²) in [6.45, 7) is 0. The topological polar surface area (TPSA) is 53.1 Å². The number of fused-ring (bicyclic) bond motifs is 1. The van der Waals surface area contributed by atoms with Crippen molar-refractivity contribution in [1.29, 1.82) is 0 Å². The van der Waals surface area contributed by atoms with Crippen molar-refractivity contribution in [3.05, 3.63) is 36.0 Å². The van der Waals surface area contributed by atoms with Gasteiger partial charge in [-0.3, -0.25) is 4.79 Å². The Hall–Kier alpha value is -1.77. The lowest BCUT2D eigenvalue weighted by Gasteiger charge is -2.09. The monoisotopic (exact) mass is 201 g/mol. The largest absolute Gasteiger partial charge is 0.481 e. The van der Waals surface area contributed by atoms with E-state index in [2.05, 4.69) is 4.98 Å². The summed E-state index contributed by atoms with van der Waals surface area (Å²) < 4.78 is 0. The van der Waals surface area contributed by atoms with Gasteiger partial charge in [0, 0.05) is 11.7 Å². The van der Waals surface area contributed by atoms with Gasteiger partial charge >= 0.3 is 5.97 Å². The van der Waals surface area contributed by atoms with Gasteiger partial charge in [0.2, 0.25) is 0 Å². The summed E-state index contributed by atoms with van der Waals surface area (Å²) in [6, 6.07) is 7.82. The zero-order valence-corrected chi connectivity index (χ0v) is 8.16. The third-order valence-corrected chi connectivity index (χ3v) is 3.27. The van der Waals surface area contributed by atoms with Crippen molar-refractivity contribution < 1.29 is 9.90 Å². The van der Waals surface area contributed by atoms with Crippen LogP contribution in [0.2, 0.25) is 0 Å². The second kappa shape index (κ2) is 2.63. The van der Waals surface area contributed by atoms with Gasteiger partial charge < -0.3 is 10.1 Å². The van der Waals surface area contributed by atoms with E-state index in [9.17, 15) is 9.90 Å². The number of rotatable bonds is 2. The highest BCUT2D eigenvalue weighted by atomic mass is 16.4. The number of aromatic nitrogens is 1. The Kier molecular flexibility index (Phi) is 1.49. The van der Waals surface area contributed by atoms with E-state index in [1.807, 2.05) is 30.5 Å². The van der Waals surface area contributed by atoms with Crippen molar-refractivity contribution in [2.75, 3.05) is 0 Å². The lowest BCUT2D eigenvalue weighted by atomic mass is 9.95. The van der Waals surface area contributed by atoms with Crippen LogP contribution in [-0.4, -0.2) is 16.1 Å². The number of carboxylic acid groups (broad SMARTS) is 1. The van der Waals surface area contributed by atoms with E-state index in [-0.39, 0.29) is 0 Å². The lowest BCUT2D eigenvalue weighted by molar-refractivity contribution is -0.140. The third kappa shape index (κ3) is 1.09. The lowest BCUT2D eigenvalue weighted by Crippen LogP contribution is -2.19. The number of nitrogens with one attached hydrogen (secondary N) is 1. The maximum absolute atomic E-state index is 11.2. The minimum absolute atomic E-state index is 0.592. The molecule has 0 bridgehead atoms. The Labute approximate surface area is 86.7 Å². The molecule has 1 heterocycles. The second-order valence-corrected chi connectivity index (χ2v) is 4.17. The molecular weight excluding hydrogens is 190 g/mol. The van der Waals surface area contributed by atoms with Crippen LogP contribution in [0.25, 0.3) is 10.9 Å². The van der Waals surface area contributed by atoms with Crippen molar-refractivity contribution in [3.63, 3.8) is 0 Å². The molecule has 3 rings (SSSR count). The smallest absolute Gasteiger partial charge is 0.314 e. The summed E-state index contributed by atoms with van der Waals surface area (Å²) in [7, 11) is 0. The maximum Gasteiger partial charge on any atom is 0.314 e. The fourth-order valence-corrected chi connectivity index (χ4v) is 2.10. The number of aliphatic carboxylic acids is 1. The second-order valence-electron chi connectivity index (χ2n) is 4.17. The van der Waals surface area contributed by atoms with Crippen LogP contribution in [0.3, 0.4) is 0 Å². The molecule has 76 valence electrons. The molecule has 3 nitrogen and oxygen atoms in total. The molecule has 1 aliphatic carbocycles. The molecule has 0 spiro atoms. The van der Waals surface area contributed by atoms with Crippen molar-refractivity contribution in [3.8, 4) is 0 Å². The van der Waals surface area contributed by atoms with E-state index in [0.29, 0.717) is 0 Å².